The molecule has 0 saturated heterocycles. The summed E-state index contributed by atoms with van der Waals surface area (Å²) in [5, 5.41) is 0. The van der Waals surface area contributed by atoms with Crippen molar-refractivity contribution in [1.82, 2.24) is 0 Å². The molecule has 0 amide bonds. The molecule has 386 valence electrons. The predicted octanol–water partition coefficient (Wildman–Crippen LogP) is 15.4. The number of carbonyl (C=O) groups is 3. The molecular weight excluding hydrogens is 1020 g/mol. The van der Waals surface area contributed by atoms with Crippen LogP contribution in [0, 0.1) is 0 Å². The maximum atomic E-state index is 17.4. The average molecular weight is 1080 g/mol. The molecule has 0 aliphatic heterocycles. The van der Waals surface area contributed by atoms with Crippen molar-refractivity contribution in [2.24, 2.45) is 0 Å². The van der Waals surface area contributed by atoms with Crippen LogP contribution in [-0.2, 0) is 58.3 Å². The van der Waals surface area contributed by atoms with Gasteiger partial charge in [-0.3, -0.25) is 0 Å². The molecule has 0 unspecified atom stereocenters. The van der Waals surface area contributed by atoms with Crippen LogP contribution >= 0.6 is 0 Å². The first kappa shape index (κ1) is 51.3. The van der Waals surface area contributed by atoms with E-state index < -0.39 is 56.1 Å². The van der Waals surface area contributed by atoms with Crippen LogP contribution in [0.4, 0.5) is 0 Å². The third kappa shape index (κ3) is 8.70. The molecule has 11 aromatic rings. The first-order chi connectivity index (χ1) is 39.4. The summed E-state index contributed by atoms with van der Waals surface area (Å²) in [6.07, 6.45) is 0. The van der Waals surface area contributed by atoms with Gasteiger partial charge in [-0.05, 0) is 0 Å². The van der Waals surface area contributed by atoms with E-state index >= 15 is 14.4 Å². The zero-order valence-electron chi connectivity index (χ0n) is 43.6. The summed E-state index contributed by atoms with van der Waals surface area (Å²) in [7, 11) is 0. The Kier molecular flexibility index (Phi) is 14.2. The molecule has 0 spiro atoms. The molecule has 11 aromatic carbocycles. The number of hydrogen-bond donors (Lipinski definition) is 0. The van der Waals surface area contributed by atoms with Gasteiger partial charge in [-0.2, -0.15) is 0 Å². The van der Waals surface area contributed by atoms with Crippen molar-refractivity contribution in [3.63, 3.8) is 0 Å². The molecular formula is C73H54O6Ti. The second-order valence-corrected chi connectivity index (χ2v) is 23.7. The fourth-order valence-corrected chi connectivity index (χ4v) is 16.8. The molecule has 0 fully saturated rings. The first-order valence-electron chi connectivity index (χ1n) is 26.8. The maximum absolute atomic E-state index is 17.4. The van der Waals surface area contributed by atoms with Crippen LogP contribution in [0.3, 0.4) is 0 Å². The van der Waals surface area contributed by atoms with Crippen LogP contribution in [0.25, 0.3) is 11.1 Å². The Bertz CT molecular complexity index is 3230. The van der Waals surface area contributed by atoms with Crippen molar-refractivity contribution in [3.05, 3.63) is 383 Å². The normalized spacial score (nSPS) is 12.3. The third-order valence-corrected chi connectivity index (χ3v) is 19.9. The van der Waals surface area contributed by atoms with E-state index in [0.717, 1.165) is 11.1 Å². The quantitative estimate of drug-likeness (QED) is 0.0709. The van der Waals surface area contributed by atoms with Crippen molar-refractivity contribution >= 4 is 17.9 Å². The summed E-state index contributed by atoms with van der Waals surface area (Å²) in [6, 6.07) is 101. The molecule has 0 atom stereocenters. The van der Waals surface area contributed by atoms with E-state index in [0.29, 0.717) is 61.2 Å². The number of fused-ring (bicyclic) bond motifs is 3. The fourth-order valence-electron chi connectivity index (χ4n) is 12.1. The summed E-state index contributed by atoms with van der Waals surface area (Å²) < 4.78 is 22.2. The zero-order chi connectivity index (χ0) is 54.4. The van der Waals surface area contributed by atoms with Gasteiger partial charge in [0.05, 0.1) is 0 Å². The molecule has 0 heterocycles. The van der Waals surface area contributed by atoms with Gasteiger partial charge < -0.3 is 0 Å². The van der Waals surface area contributed by atoms with Crippen LogP contribution in [-0.4, -0.2) is 17.9 Å². The van der Waals surface area contributed by atoms with E-state index in [2.05, 4.69) is 0 Å². The number of rotatable bonds is 16. The minimum absolute atomic E-state index is 0.586. The second kappa shape index (κ2) is 22.1. The van der Waals surface area contributed by atoms with Gasteiger partial charge in [-0.15, -0.1) is 0 Å². The molecule has 0 saturated carbocycles. The molecule has 80 heavy (non-hydrogen) atoms. The van der Waals surface area contributed by atoms with E-state index in [1.807, 2.05) is 322 Å². The predicted molar refractivity (Wildman–Crippen MR) is 310 cm³/mol. The van der Waals surface area contributed by atoms with Gasteiger partial charge in [0.25, 0.3) is 0 Å². The topological polar surface area (TPSA) is 78.9 Å². The molecule has 12 rings (SSSR count). The van der Waals surface area contributed by atoms with E-state index in [1.165, 1.54) is 0 Å². The standard InChI is InChI=1S/3C20H16O2.C13H9.Ti/c3*21-19(22)20(16-10-4-1-5-11-16,17-12-6-2-7-13-17)18-14-8-3-9-15-18;1-3-7-12-10(5-1)9-11-6-2-4-8-13(11)12;/h3*1-15H,(H,21,22);1-9H;/q;;;;+3/p-3. The van der Waals surface area contributed by atoms with Crippen molar-refractivity contribution in [2.45, 2.75) is 20.5 Å². The Morgan fingerprint density at radius 3 is 0.588 bits per heavy atom. The van der Waals surface area contributed by atoms with Crippen molar-refractivity contribution in [1.29, 1.82) is 0 Å². The Hall–Kier alpha value is -9.46. The zero-order valence-corrected chi connectivity index (χ0v) is 45.2. The van der Waals surface area contributed by atoms with Crippen molar-refractivity contribution < 1.29 is 42.1 Å². The van der Waals surface area contributed by atoms with Crippen LogP contribution in [0.2, 0.25) is 0 Å². The van der Waals surface area contributed by atoms with Crippen LogP contribution in [0.15, 0.2) is 322 Å². The Labute approximate surface area is 471 Å². The van der Waals surface area contributed by atoms with Gasteiger partial charge >= 0.3 is 474 Å². The fraction of sp³-hybridized carbons (Fsp3) is 0.0548. The Morgan fingerprint density at radius 1 is 0.237 bits per heavy atom. The van der Waals surface area contributed by atoms with E-state index in [1.54, 1.807) is 0 Å². The molecule has 0 aromatic heterocycles. The summed E-state index contributed by atoms with van der Waals surface area (Å²) in [5.41, 5.74) is 3.09. The van der Waals surface area contributed by atoms with Gasteiger partial charge in [-0.25, -0.2) is 0 Å². The molecule has 1 aliphatic rings. The molecule has 0 bridgehead atoms. The van der Waals surface area contributed by atoms with Gasteiger partial charge in [0.2, 0.25) is 0 Å². The SMILES string of the molecule is O=C([O][Ti]([O]C(=O)C(c1ccccc1)(c1ccccc1)c1ccccc1)([O]C(=O)C(c1ccccc1)(c1ccccc1)c1ccccc1)[CH]1c2ccccc2-c2ccccc21)C(c1ccccc1)(c1ccccc1)c1ccccc1. The number of hydrogen-bond acceptors (Lipinski definition) is 6. The van der Waals surface area contributed by atoms with Gasteiger partial charge in [0.1, 0.15) is 0 Å². The van der Waals surface area contributed by atoms with Gasteiger partial charge in [-0.1, -0.05) is 0 Å². The number of benzene rings is 11. The third-order valence-electron chi connectivity index (χ3n) is 15.7. The first-order valence-corrected chi connectivity index (χ1v) is 29.6. The summed E-state index contributed by atoms with van der Waals surface area (Å²) in [4.78, 5) is 52.2. The summed E-state index contributed by atoms with van der Waals surface area (Å²) in [6.45, 7) is 0. The van der Waals surface area contributed by atoms with Crippen LogP contribution in [0.1, 0.15) is 65.4 Å². The molecule has 1 aliphatic carbocycles. The van der Waals surface area contributed by atoms with Crippen LogP contribution in [0.5, 0.6) is 0 Å². The van der Waals surface area contributed by atoms with E-state index in [4.69, 9.17) is 9.96 Å². The molecule has 7 heteroatoms. The minimum atomic E-state index is -6.55. The van der Waals surface area contributed by atoms with Crippen molar-refractivity contribution in [3.8, 4) is 11.1 Å². The van der Waals surface area contributed by atoms with Crippen LogP contribution < -0.4 is 0 Å². The van der Waals surface area contributed by atoms with E-state index in [9.17, 15) is 0 Å². The van der Waals surface area contributed by atoms with E-state index in [-0.39, 0.29) is 0 Å². The average Bonchev–Trinajstić information content (AvgIpc) is 3.44. The second-order valence-electron chi connectivity index (χ2n) is 19.9. The summed E-state index contributed by atoms with van der Waals surface area (Å²) >= 11 is -6.55. The Morgan fingerprint density at radius 2 is 0.400 bits per heavy atom. The number of carbonyl (C=O) groups excluding carboxylic acids is 3. The summed E-state index contributed by atoms with van der Waals surface area (Å²) in [5.74, 6) is -2.38. The molecule has 0 N–H and O–H groups in total. The van der Waals surface area contributed by atoms with Gasteiger partial charge in [0, 0.05) is 0 Å². The Balaban J connectivity index is 1.22. The van der Waals surface area contributed by atoms with Crippen molar-refractivity contribution in [2.75, 3.05) is 0 Å². The van der Waals surface area contributed by atoms with Gasteiger partial charge in [0.15, 0.2) is 0 Å². The molecule has 6 nitrogen and oxygen atoms in total. The monoisotopic (exact) mass is 1070 g/mol. The molecule has 0 radical (unpaired) electrons.